The zero-order valence-electron chi connectivity index (χ0n) is 20.9. The highest BCUT2D eigenvalue weighted by Gasteiger charge is 2.18. The summed E-state index contributed by atoms with van der Waals surface area (Å²) in [4.78, 5) is 25.3. The Balaban J connectivity index is 1.13. The highest BCUT2D eigenvalue weighted by molar-refractivity contribution is 5.88. The minimum atomic E-state index is -0.0861. The smallest absolute Gasteiger partial charge is 0.227 e. The molecule has 1 saturated heterocycles. The quantitative estimate of drug-likeness (QED) is 0.402. The molecule has 1 aromatic heterocycles. The first-order chi connectivity index (χ1) is 17.6. The Bertz CT molecular complexity index is 1180. The van der Waals surface area contributed by atoms with Gasteiger partial charge in [-0.05, 0) is 74.2 Å². The number of piperazine rings is 1. The molecule has 0 unspecified atom stereocenters. The fourth-order valence-electron chi connectivity index (χ4n) is 4.74. The number of hydrogen-bond donors (Lipinski definition) is 2. The Morgan fingerprint density at radius 1 is 0.972 bits per heavy atom. The van der Waals surface area contributed by atoms with E-state index in [1.165, 1.54) is 38.4 Å². The van der Waals surface area contributed by atoms with Crippen molar-refractivity contribution in [3.63, 3.8) is 0 Å². The van der Waals surface area contributed by atoms with Crippen LogP contribution in [0.2, 0.25) is 0 Å². The first-order valence-corrected chi connectivity index (χ1v) is 12.8. The Morgan fingerprint density at radius 2 is 1.69 bits per heavy atom. The van der Waals surface area contributed by atoms with Gasteiger partial charge in [0.25, 0.3) is 0 Å². The molecule has 2 aliphatic rings. The normalized spacial score (nSPS) is 17.5. The summed E-state index contributed by atoms with van der Waals surface area (Å²) in [6, 6.07) is 18.0. The first kappa shape index (κ1) is 24.0. The summed E-state index contributed by atoms with van der Waals surface area (Å²) < 4.78 is 0. The van der Waals surface area contributed by atoms with Gasteiger partial charge in [0.1, 0.15) is 0 Å². The summed E-state index contributed by atoms with van der Waals surface area (Å²) in [5.41, 5.74) is 4.76. The van der Waals surface area contributed by atoms with Crippen LogP contribution in [0.15, 0.2) is 72.9 Å². The lowest BCUT2D eigenvalue weighted by Crippen LogP contribution is -2.46. The van der Waals surface area contributed by atoms with Crippen molar-refractivity contribution in [2.45, 2.75) is 26.2 Å². The molecular weight excluding hydrogens is 448 g/mol. The van der Waals surface area contributed by atoms with Gasteiger partial charge < -0.3 is 15.5 Å². The monoisotopic (exact) mass is 482 g/mol. The number of benzene rings is 2. The highest BCUT2D eigenvalue weighted by atomic mass is 16.1. The summed E-state index contributed by atoms with van der Waals surface area (Å²) >= 11 is 0. The number of nitrogens with zero attached hydrogens (tertiary/aromatic N) is 4. The Labute approximate surface area is 213 Å². The van der Waals surface area contributed by atoms with E-state index in [0.29, 0.717) is 5.95 Å². The molecule has 0 spiro atoms. The van der Waals surface area contributed by atoms with Gasteiger partial charge in [0, 0.05) is 61.9 Å². The minimum Gasteiger partial charge on any atom is -0.369 e. The molecule has 0 radical (unpaired) electrons. The summed E-state index contributed by atoms with van der Waals surface area (Å²) in [6.45, 7) is 7.13. The van der Waals surface area contributed by atoms with Crippen LogP contribution in [0.5, 0.6) is 0 Å². The van der Waals surface area contributed by atoms with Crippen LogP contribution in [0.3, 0.4) is 0 Å². The zero-order chi connectivity index (χ0) is 24.7. The van der Waals surface area contributed by atoms with Gasteiger partial charge in [0.2, 0.25) is 11.9 Å². The van der Waals surface area contributed by atoms with E-state index in [-0.39, 0.29) is 5.91 Å². The molecule has 1 atom stereocenters. The van der Waals surface area contributed by atoms with Gasteiger partial charge in [-0.3, -0.25) is 9.69 Å². The van der Waals surface area contributed by atoms with Crippen LogP contribution in [0.25, 0.3) is 11.3 Å². The molecule has 2 aromatic carbocycles. The average molecular weight is 483 g/mol. The fourth-order valence-corrected chi connectivity index (χ4v) is 4.74. The summed E-state index contributed by atoms with van der Waals surface area (Å²) in [5.74, 6) is 1.31. The third-order valence-corrected chi connectivity index (χ3v) is 6.91. The van der Waals surface area contributed by atoms with E-state index < -0.39 is 0 Å². The second kappa shape index (κ2) is 11.4. The Morgan fingerprint density at radius 3 is 2.36 bits per heavy atom. The number of hydrogen-bond acceptors (Lipinski definition) is 6. The zero-order valence-corrected chi connectivity index (χ0v) is 20.9. The molecule has 1 amide bonds. The van der Waals surface area contributed by atoms with E-state index >= 15 is 0 Å². The number of aromatic nitrogens is 2. The fraction of sp³-hybridized carbons (Fsp3) is 0.345. The van der Waals surface area contributed by atoms with Crippen LogP contribution in [0, 0.1) is 5.92 Å². The second-order valence-electron chi connectivity index (χ2n) is 9.59. The lowest BCUT2D eigenvalue weighted by molar-refractivity contribution is -0.114. The number of rotatable bonds is 9. The van der Waals surface area contributed by atoms with Crippen LogP contribution in [0.4, 0.5) is 23.0 Å². The number of amides is 1. The average Bonchev–Trinajstić information content (AvgIpc) is 2.87. The van der Waals surface area contributed by atoms with E-state index in [1.807, 2.05) is 30.3 Å². The van der Waals surface area contributed by atoms with Gasteiger partial charge in [0.15, 0.2) is 0 Å². The summed E-state index contributed by atoms with van der Waals surface area (Å²) in [6.07, 6.45) is 10.3. The first-order valence-electron chi connectivity index (χ1n) is 12.8. The third-order valence-electron chi connectivity index (χ3n) is 6.91. The number of carbonyl (C=O) groups is 1. The Hall–Kier alpha value is -3.71. The molecule has 5 rings (SSSR count). The number of allylic oxidation sites excluding steroid dienone is 2. The molecule has 0 saturated carbocycles. The predicted octanol–water partition coefficient (Wildman–Crippen LogP) is 5.32. The summed E-state index contributed by atoms with van der Waals surface area (Å²) in [5, 5.41) is 6.10. The molecule has 1 aliphatic carbocycles. The SMILES string of the molecule is CC(=O)Nc1ccc(-c2ccnc(Nc3ccc(N4CCN(CCC[C@H]5C=CC5)CC4)cc3)n2)cc1. The minimum absolute atomic E-state index is 0.0861. The van der Waals surface area contributed by atoms with Gasteiger partial charge >= 0.3 is 0 Å². The number of anilines is 4. The molecule has 7 heteroatoms. The predicted molar refractivity (Wildman–Crippen MR) is 147 cm³/mol. The lowest BCUT2D eigenvalue weighted by atomic mass is 9.91. The van der Waals surface area contributed by atoms with Crippen molar-refractivity contribution in [2.24, 2.45) is 5.92 Å². The molecule has 36 heavy (non-hydrogen) atoms. The van der Waals surface area contributed by atoms with Crippen molar-refractivity contribution < 1.29 is 4.79 Å². The van der Waals surface area contributed by atoms with Crippen LogP contribution >= 0.6 is 0 Å². The molecule has 0 bridgehead atoms. The van der Waals surface area contributed by atoms with Crippen LogP contribution in [0.1, 0.15) is 26.2 Å². The van der Waals surface area contributed by atoms with Crippen molar-refractivity contribution in [1.29, 1.82) is 0 Å². The van der Waals surface area contributed by atoms with Gasteiger partial charge in [-0.25, -0.2) is 9.97 Å². The van der Waals surface area contributed by atoms with E-state index in [4.69, 9.17) is 0 Å². The second-order valence-corrected chi connectivity index (χ2v) is 9.59. The van der Waals surface area contributed by atoms with E-state index in [1.54, 1.807) is 6.20 Å². The van der Waals surface area contributed by atoms with E-state index in [2.05, 4.69) is 66.8 Å². The summed E-state index contributed by atoms with van der Waals surface area (Å²) in [7, 11) is 0. The molecule has 2 N–H and O–H groups in total. The topological polar surface area (TPSA) is 73.4 Å². The maximum absolute atomic E-state index is 11.2. The third kappa shape index (κ3) is 6.29. The standard InChI is InChI=1S/C29H34N6O/c1-22(36)31-25-9-7-24(8-10-25)28-15-16-30-29(33-28)32-26-11-13-27(14-12-26)35-20-18-34(19-21-35)17-3-6-23-4-2-5-23/h2,4,7-16,23H,3,5-6,17-21H2,1H3,(H,31,36)(H,30,32,33)/t23-/m0/s1. The molecular formula is C29H34N6O. The number of carbonyl (C=O) groups excluding carboxylic acids is 1. The molecule has 1 fully saturated rings. The maximum atomic E-state index is 11.2. The number of nitrogens with one attached hydrogen (secondary N) is 2. The molecule has 1 aliphatic heterocycles. The van der Waals surface area contributed by atoms with Crippen molar-refractivity contribution in [1.82, 2.24) is 14.9 Å². The van der Waals surface area contributed by atoms with Crippen molar-refractivity contribution in [3.8, 4) is 11.3 Å². The van der Waals surface area contributed by atoms with Crippen molar-refractivity contribution in [3.05, 3.63) is 72.9 Å². The van der Waals surface area contributed by atoms with Gasteiger partial charge in [-0.15, -0.1) is 0 Å². The van der Waals surface area contributed by atoms with Gasteiger partial charge in [-0.2, -0.15) is 0 Å². The highest BCUT2D eigenvalue weighted by Crippen LogP contribution is 2.25. The van der Waals surface area contributed by atoms with Crippen LogP contribution in [-0.2, 0) is 4.79 Å². The van der Waals surface area contributed by atoms with Gasteiger partial charge in [-0.1, -0.05) is 24.3 Å². The lowest BCUT2D eigenvalue weighted by Gasteiger charge is -2.36. The molecule has 186 valence electrons. The van der Waals surface area contributed by atoms with Crippen LogP contribution < -0.4 is 15.5 Å². The largest absolute Gasteiger partial charge is 0.369 e. The van der Waals surface area contributed by atoms with Crippen molar-refractivity contribution >= 4 is 28.9 Å². The molecule has 2 heterocycles. The maximum Gasteiger partial charge on any atom is 0.227 e. The van der Waals surface area contributed by atoms with Crippen molar-refractivity contribution in [2.75, 3.05) is 48.3 Å². The van der Waals surface area contributed by atoms with E-state index in [9.17, 15) is 4.79 Å². The van der Waals surface area contributed by atoms with E-state index in [0.717, 1.165) is 54.7 Å². The Kier molecular flexibility index (Phi) is 7.57. The van der Waals surface area contributed by atoms with Crippen LogP contribution in [-0.4, -0.2) is 53.5 Å². The van der Waals surface area contributed by atoms with Gasteiger partial charge in [0.05, 0.1) is 5.69 Å². The molecule has 7 nitrogen and oxygen atoms in total. The molecule has 3 aromatic rings.